The summed E-state index contributed by atoms with van der Waals surface area (Å²) in [6.07, 6.45) is 2.11. The van der Waals surface area contributed by atoms with Gasteiger partial charge in [-0.05, 0) is 18.6 Å². The highest BCUT2D eigenvalue weighted by molar-refractivity contribution is 5.42. The minimum absolute atomic E-state index is 0.133. The number of nitriles is 3. The number of benzene rings is 1. The normalized spacial score (nSPS) is 9.38. The van der Waals surface area contributed by atoms with Gasteiger partial charge in [0.05, 0.1) is 18.5 Å². The number of imidazole rings is 1. The average Bonchev–Trinajstić information content (AvgIpc) is 2.93. The molecule has 0 saturated heterocycles. The molecule has 0 N–H and O–H groups in total. The molecule has 0 fully saturated rings. The van der Waals surface area contributed by atoms with Crippen LogP contribution in [0.3, 0.4) is 0 Å². The third-order valence-electron chi connectivity index (χ3n) is 2.86. The third-order valence-corrected chi connectivity index (χ3v) is 2.86. The number of nitrogens with zero attached hydrogens (tertiary/aromatic N) is 5. The zero-order valence-electron chi connectivity index (χ0n) is 11.2. The van der Waals surface area contributed by atoms with Gasteiger partial charge < -0.3 is 9.30 Å². The molecule has 1 heterocycles. The summed E-state index contributed by atoms with van der Waals surface area (Å²) in [6.45, 7) is 0.927. The standard InChI is InChI=1S/C15H11N5O/c16-8-12-4-1-2-5-15(12)21-7-3-6-20-11-19-13(9-17)14(20)10-18/h1-2,4-5,11H,3,6-7H2. The van der Waals surface area contributed by atoms with Crippen molar-refractivity contribution in [3.63, 3.8) is 0 Å². The van der Waals surface area contributed by atoms with Crippen LogP contribution in [0.15, 0.2) is 30.6 Å². The second-order valence-corrected chi connectivity index (χ2v) is 4.17. The Bertz CT molecular complexity index is 758. The van der Waals surface area contributed by atoms with Gasteiger partial charge in [0.15, 0.2) is 11.4 Å². The predicted molar refractivity (Wildman–Crippen MR) is 72.9 cm³/mol. The van der Waals surface area contributed by atoms with E-state index in [1.165, 1.54) is 6.33 Å². The van der Waals surface area contributed by atoms with E-state index in [1.807, 2.05) is 12.1 Å². The number of hydrogen-bond acceptors (Lipinski definition) is 5. The lowest BCUT2D eigenvalue weighted by molar-refractivity contribution is 0.301. The average molecular weight is 277 g/mol. The molecule has 102 valence electrons. The number of para-hydroxylation sites is 1. The van der Waals surface area contributed by atoms with Gasteiger partial charge in [-0.25, -0.2) is 4.98 Å². The molecular formula is C15H11N5O. The van der Waals surface area contributed by atoms with Crippen LogP contribution < -0.4 is 4.74 Å². The number of aromatic nitrogens is 2. The SMILES string of the molecule is N#Cc1ccccc1OCCCn1cnc(C#N)c1C#N. The van der Waals surface area contributed by atoms with E-state index in [9.17, 15) is 0 Å². The summed E-state index contributed by atoms with van der Waals surface area (Å²) in [5.41, 5.74) is 0.882. The van der Waals surface area contributed by atoms with E-state index in [1.54, 1.807) is 28.8 Å². The fourth-order valence-corrected chi connectivity index (χ4v) is 1.85. The predicted octanol–water partition coefficient (Wildman–Crippen LogP) is 1.97. The first-order valence-corrected chi connectivity index (χ1v) is 6.27. The Balaban J connectivity index is 1.92. The summed E-state index contributed by atoms with van der Waals surface area (Å²) in [5.74, 6) is 0.545. The highest BCUT2D eigenvalue weighted by atomic mass is 16.5. The molecule has 0 radical (unpaired) electrons. The van der Waals surface area contributed by atoms with Crippen LogP contribution in [0.2, 0.25) is 0 Å². The van der Waals surface area contributed by atoms with Crippen molar-refractivity contribution in [3.8, 4) is 24.0 Å². The Hall–Kier alpha value is -3.30. The highest BCUT2D eigenvalue weighted by Crippen LogP contribution is 2.16. The molecular weight excluding hydrogens is 266 g/mol. The molecule has 0 unspecified atom stereocenters. The van der Waals surface area contributed by atoms with Crippen LogP contribution in [0.4, 0.5) is 0 Å². The molecule has 0 aliphatic carbocycles. The molecule has 1 aromatic carbocycles. The molecule has 21 heavy (non-hydrogen) atoms. The van der Waals surface area contributed by atoms with Crippen LogP contribution in [-0.4, -0.2) is 16.2 Å². The summed E-state index contributed by atoms with van der Waals surface area (Å²) < 4.78 is 7.18. The van der Waals surface area contributed by atoms with E-state index in [-0.39, 0.29) is 11.4 Å². The minimum Gasteiger partial charge on any atom is -0.492 e. The molecule has 0 aliphatic rings. The summed E-state index contributed by atoms with van der Waals surface area (Å²) in [7, 11) is 0. The van der Waals surface area contributed by atoms with E-state index in [0.29, 0.717) is 30.9 Å². The Morgan fingerprint density at radius 3 is 2.62 bits per heavy atom. The van der Waals surface area contributed by atoms with Gasteiger partial charge in [0.25, 0.3) is 0 Å². The smallest absolute Gasteiger partial charge is 0.176 e. The van der Waals surface area contributed by atoms with Crippen molar-refractivity contribution < 1.29 is 4.74 Å². The lowest BCUT2D eigenvalue weighted by atomic mass is 10.2. The maximum absolute atomic E-state index is 8.99. The molecule has 0 spiro atoms. The van der Waals surface area contributed by atoms with Crippen LogP contribution in [0.25, 0.3) is 0 Å². The molecule has 6 heteroatoms. The van der Waals surface area contributed by atoms with Crippen molar-refractivity contribution in [2.75, 3.05) is 6.61 Å². The van der Waals surface area contributed by atoms with E-state index in [0.717, 1.165) is 0 Å². The van der Waals surface area contributed by atoms with Crippen molar-refractivity contribution in [2.24, 2.45) is 0 Å². The van der Waals surface area contributed by atoms with Gasteiger partial charge in [0.2, 0.25) is 0 Å². The monoisotopic (exact) mass is 277 g/mol. The Morgan fingerprint density at radius 1 is 1.10 bits per heavy atom. The zero-order valence-corrected chi connectivity index (χ0v) is 11.2. The quantitative estimate of drug-likeness (QED) is 0.778. The van der Waals surface area contributed by atoms with Crippen LogP contribution >= 0.6 is 0 Å². The zero-order chi connectivity index (χ0) is 15.1. The number of rotatable bonds is 5. The van der Waals surface area contributed by atoms with Crippen LogP contribution in [0.1, 0.15) is 23.4 Å². The van der Waals surface area contributed by atoms with Gasteiger partial charge in [0.1, 0.15) is 24.0 Å². The van der Waals surface area contributed by atoms with E-state index in [2.05, 4.69) is 11.1 Å². The Kier molecular flexibility index (Phi) is 4.54. The van der Waals surface area contributed by atoms with E-state index in [4.69, 9.17) is 20.5 Å². The minimum atomic E-state index is 0.133. The first kappa shape index (κ1) is 14.1. The van der Waals surface area contributed by atoms with Crippen molar-refractivity contribution in [1.82, 2.24) is 9.55 Å². The molecule has 2 aromatic rings. The topological polar surface area (TPSA) is 98.4 Å². The maximum Gasteiger partial charge on any atom is 0.176 e. The summed E-state index contributed by atoms with van der Waals surface area (Å²) in [5, 5.41) is 26.7. The molecule has 0 atom stereocenters. The molecule has 0 aliphatic heterocycles. The summed E-state index contributed by atoms with van der Waals surface area (Å²) >= 11 is 0. The summed E-state index contributed by atoms with van der Waals surface area (Å²) in [4.78, 5) is 3.87. The highest BCUT2D eigenvalue weighted by Gasteiger charge is 2.09. The van der Waals surface area contributed by atoms with Gasteiger partial charge in [-0.3, -0.25) is 0 Å². The lowest BCUT2D eigenvalue weighted by Crippen LogP contribution is -2.06. The van der Waals surface area contributed by atoms with Crippen molar-refractivity contribution >= 4 is 0 Å². The van der Waals surface area contributed by atoms with Gasteiger partial charge in [-0.2, -0.15) is 15.8 Å². The fraction of sp³-hybridized carbons (Fsp3) is 0.200. The Labute approximate surface area is 122 Å². The molecule has 2 rings (SSSR count). The molecule has 0 bridgehead atoms. The van der Waals surface area contributed by atoms with Crippen molar-refractivity contribution in [3.05, 3.63) is 47.5 Å². The van der Waals surface area contributed by atoms with Crippen LogP contribution in [0.5, 0.6) is 5.75 Å². The lowest BCUT2D eigenvalue weighted by Gasteiger charge is -2.08. The van der Waals surface area contributed by atoms with E-state index >= 15 is 0 Å². The van der Waals surface area contributed by atoms with Gasteiger partial charge in [0, 0.05) is 6.54 Å². The van der Waals surface area contributed by atoms with Gasteiger partial charge >= 0.3 is 0 Å². The second kappa shape index (κ2) is 6.75. The van der Waals surface area contributed by atoms with Crippen molar-refractivity contribution in [2.45, 2.75) is 13.0 Å². The third kappa shape index (κ3) is 3.18. The molecule has 1 aromatic heterocycles. The first-order chi connectivity index (χ1) is 10.3. The van der Waals surface area contributed by atoms with E-state index < -0.39 is 0 Å². The number of hydrogen-bond donors (Lipinski definition) is 0. The van der Waals surface area contributed by atoms with Crippen LogP contribution in [0, 0.1) is 34.0 Å². The largest absolute Gasteiger partial charge is 0.492 e. The Morgan fingerprint density at radius 2 is 1.90 bits per heavy atom. The molecule has 0 saturated carbocycles. The van der Waals surface area contributed by atoms with Crippen LogP contribution in [-0.2, 0) is 6.54 Å². The van der Waals surface area contributed by atoms with Gasteiger partial charge in [-0.1, -0.05) is 12.1 Å². The first-order valence-electron chi connectivity index (χ1n) is 6.27. The molecule has 0 amide bonds. The number of aryl methyl sites for hydroxylation is 1. The summed E-state index contributed by atoms with van der Waals surface area (Å²) in [6, 6.07) is 12.9. The number of ether oxygens (including phenoxy) is 1. The maximum atomic E-state index is 8.99. The fourth-order valence-electron chi connectivity index (χ4n) is 1.85. The van der Waals surface area contributed by atoms with Crippen molar-refractivity contribution in [1.29, 1.82) is 15.8 Å². The van der Waals surface area contributed by atoms with Gasteiger partial charge in [-0.15, -0.1) is 0 Å². The molecule has 6 nitrogen and oxygen atoms in total. The second-order valence-electron chi connectivity index (χ2n) is 4.17.